The van der Waals surface area contributed by atoms with Crippen LogP contribution in [0.4, 0.5) is 4.79 Å². The number of carbonyl (C=O) groups excluding carboxylic acids is 3. The van der Waals surface area contributed by atoms with Crippen molar-refractivity contribution >= 4 is 18.0 Å². The molecule has 0 aliphatic carbocycles. The van der Waals surface area contributed by atoms with Gasteiger partial charge in [0.25, 0.3) is 0 Å². The van der Waals surface area contributed by atoms with Crippen LogP contribution in [0.25, 0.3) is 0 Å². The summed E-state index contributed by atoms with van der Waals surface area (Å²) in [5, 5.41) is 3.86. The summed E-state index contributed by atoms with van der Waals surface area (Å²) in [5.74, 6) is -3.26. The molecule has 20 heavy (non-hydrogen) atoms. The van der Waals surface area contributed by atoms with Crippen LogP contribution >= 0.6 is 0 Å². The zero-order valence-corrected chi connectivity index (χ0v) is 12.6. The fourth-order valence-corrected chi connectivity index (χ4v) is 1.10. The van der Waals surface area contributed by atoms with E-state index in [1.807, 2.05) is 0 Å². The summed E-state index contributed by atoms with van der Waals surface area (Å²) in [4.78, 5) is 35.3. The molecule has 0 unspecified atom stereocenters. The van der Waals surface area contributed by atoms with Crippen LogP contribution in [0.1, 0.15) is 38.7 Å². The molecule has 0 rings (SSSR count). The van der Waals surface area contributed by atoms with E-state index in [9.17, 15) is 14.4 Å². The van der Waals surface area contributed by atoms with Crippen molar-refractivity contribution in [2.24, 2.45) is 5.92 Å². The molecule has 2 amide bonds. The van der Waals surface area contributed by atoms with Crippen LogP contribution in [0.15, 0.2) is 0 Å². The largest absolute Gasteiger partial charge is 0.468 e. The molecule has 0 spiro atoms. The highest BCUT2D eigenvalue weighted by Crippen LogP contribution is 2.08. The Morgan fingerprint density at radius 2 is 1.85 bits per heavy atom. The molecule has 7 nitrogen and oxygen atoms in total. The highest BCUT2D eigenvalue weighted by atomic mass is 16.6. The average Bonchev–Trinajstić information content (AvgIpc) is 2.34. The van der Waals surface area contributed by atoms with Crippen molar-refractivity contribution in [3.8, 4) is 0 Å². The lowest BCUT2D eigenvalue weighted by molar-refractivity contribution is -0.141. The minimum atomic E-state index is -2.83. The Bertz CT molecular complexity index is 477. The molecule has 0 saturated heterocycles. The molecule has 0 saturated carbocycles. The van der Waals surface area contributed by atoms with E-state index in [4.69, 9.17) is 8.85 Å². The number of carbonyl (C=O) groups is 3. The number of ether oxygens (including phenoxy) is 2. The molecule has 0 aliphatic heterocycles. The van der Waals surface area contributed by atoms with Crippen molar-refractivity contribution in [3.63, 3.8) is 0 Å². The number of methoxy groups -OCH3 is 1. The first kappa shape index (κ1) is 13.2. The number of hydrogen-bond acceptors (Lipinski definition) is 5. The maximum Gasteiger partial charge on any atom is 0.408 e. The quantitative estimate of drug-likeness (QED) is 0.732. The van der Waals surface area contributed by atoms with Crippen LogP contribution in [0.2, 0.25) is 0 Å². The molecule has 0 heterocycles. The summed E-state index contributed by atoms with van der Waals surface area (Å²) in [7, 11) is 0.960. The molecule has 1 atom stereocenters. The third-order valence-corrected chi connectivity index (χ3v) is 1.92. The van der Waals surface area contributed by atoms with Gasteiger partial charge in [-0.05, 0) is 26.7 Å². The van der Waals surface area contributed by atoms with Gasteiger partial charge in [0, 0.05) is 0 Å². The van der Waals surface area contributed by atoms with Crippen molar-refractivity contribution < 1.29 is 28.0 Å². The number of nitrogens with one attached hydrogen (secondary N) is 2. The Balaban J connectivity index is 5.26. The smallest absolute Gasteiger partial charge is 0.408 e. The average molecular weight is 291 g/mol. The summed E-state index contributed by atoms with van der Waals surface area (Å²) in [6, 6.07) is -2.23. The molecule has 0 aromatic carbocycles. The van der Waals surface area contributed by atoms with Gasteiger partial charge in [-0.3, -0.25) is 9.59 Å². The summed E-state index contributed by atoms with van der Waals surface area (Å²) in [5.41, 5.74) is -0.834. The lowest BCUT2D eigenvalue weighted by atomic mass is 10.0. The van der Waals surface area contributed by atoms with Gasteiger partial charge in [-0.1, -0.05) is 13.8 Å². The lowest BCUT2D eigenvalue weighted by Crippen LogP contribution is -2.51. The number of esters is 1. The molecule has 116 valence electrons. The molecule has 2 N–H and O–H groups in total. The summed E-state index contributed by atoms with van der Waals surface area (Å²) in [6.07, 6.45) is -1.00. The Hall–Kier alpha value is -1.79. The van der Waals surface area contributed by atoms with Crippen molar-refractivity contribution in [1.82, 2.24) is 10.6 Å². The van der Waals surface area contributed by atoms with Crippen LogP contribution < -0.4 is 10.6 Å². The van der Waals surface area contributed by atoms with Gasteiger partial charge in [-0.25, -0.2) is 4.79 Å². The van der Waals surface area contributed by atoms with Crippen LogP contribution in [0.5, 0.6) is 0 Å². The van der Waals surface area contributed by atoms with Crippen molar-refractivity contribution in [1.29, 1.82) is 0 Å². The molecule has 0 radical (unpaired) electrons. The highest BCUT2D eigenvalue weighted by Gasteiger charge is 2.27. The summed E-state index contributed by atoms with van der Waals surface area (Å²) in [6.45, 7) is 4.98. The fraction of sp³-hybridized carbons (Fsp3) is 0.769. The van der Waals surface area contributed by atoms with E-state index in [0.717, 1.165) is 7.11 Å². The molecule has 7 heteroatoms. The van der Waals surface area contributed by atoms with Gasteiger partial charge in [0.1, 0.15) is 18.1 Å². The van der Waals surface area contributed by atoms with E-state index in [1.165, 1.54) is 13.8 Å². The van der Waals surface area contributed by atoms with Crippen molar-refractivity contribution in [3.05, 3.63) is 0 Å². The maximum absolute atomic E-state index is 12.2. The second-order valence-corrected chi connectivity index (χ2v) is 5.27. The first-order valence-corrected chi connectivity index (χ1v) is 6.08. The molecule has 0 aromatic heterocycles. The predicted molar refractivity (Wildman–Crippen MR) is 73.0 cm³/mol. The molecule has 0 fully saturated rings. The van der Waals surface area contributed by atoms with E-state index < -0.39 is 42.0 Å². The fourth-order valence-electron chi connectivity index (χ4n) is 1.10. The van der Waals surface area contributed by atoms with Gasteiger partial charge in [-0.2, -0.15) is 0 Å². The minimum Gasteiger partial charge on any atom is -0.468 e. The zero-order chi connectivity index (χ0) is 18.6. The molecule has 0 bridgehead atoms. The molecule has 0 aliphatic rings. The van der Waals surface area contributed by atoms with Crippen LogP contribution in [0.3, 0.4) is 0 Å². The van der Waals surface area contributed by atoms with E-state index in [1.54, 1.807) is 26.1 Å². The van der Waals surface area contributed by atoms with Gasteiger partial charge in [0.15, 0.2) is 0 Å². The van der Waals surface area contributed by atoms with Gasteiger partial charge >= 0.3 is 12.1 Å². The molecular weight excluding hydrogens is 264 g/mol. The van der Waals surface area contributed by atoms with Crippen LogP contribution in [-0.4, -0.2) is 43.2 Å². The molecule has 0 aromatic rings. The highest BCUT2D eigenvalue weighted by molar-refractivity contribution is 5.88. The Kier molecular flexibility index (Phi) is 5.09. The van der Waals surface area contributed by atoms with Gasteiger partial charge in [0.2, 0.25) is 5.91 Å². The Morgan fingerprint density at radius 1 is 1.30 bits per heavy atom. The monoisotopic (exact) mass is 291 g/mol. The number of amides is 2. The third kappa shape index (κ3) is 7.60. The maximum atomic E-state index is 12.2. The van der Waals surface area contributed by atoms with Gasteiger partial charge in [0.05, 0.1) is 11.2 Å². The zero-order valence-electron chi connectivity index (χ0n) is 15.6. The minimum absolute atomic E-state index is 0.733. The third-order valence-electron chi connectivity index (χ3n) is 1.92. The predicted octanol–water partition coefficient (Wildman–Crippen LogP) is 0.825. The van der Waals surface area contributed by atoms with Gasteiger partial charge in [-0.15, -0.1) is 0 Å². The van der Waals surface area contributed by atoms with Crippen molar-refractivity contribution in [2.45, 2.75) is 46.2 Å². The van der Waals surface area contributed by atoms with E-state index >= 15 is 0 Å². The number of hydrogen-bond donors (Lipinski definition) is 2. The standard InChI is InChI=1S/C13H24N2O5/c1-8(2)10(11(17)14-7-9(16)19-6)15-12(18)20-13(3,4)5/h8,10H,7H2,1-6H3,(H,14,17)(H,15,18)/t10-/m0/s1/i7D2,10D. The SMILES string of the molecule is [2H]C([2H])(NC(=O)[C@@]([2H])(NC(=O)OC(C)(C)C)C(C)C)C(=O)OC. The number of rotatable bonds is 5. The second-order valence-electron chi connectivity index (χ2n) is 5.27. The first-order chi connectivity index (χ1) is 10.2. The first-order valence-electron chi connectivity index (χ1n) is 7.58. The Morgan fingerprint density at radius 3 is 2.25 bits per heavy atom. The van der Waals surface area contributed by atoms with Gasteiger partial charge < -0.3 is 20.1 Å². The van der Waals surface area contributed by atoms with E-state index in [0.29, 0.717) is 0 Å². The van der Waals surface area contributed by atoms with E-state index in [-0.39, 0.29) is 0 Å². The van der Waals surface area contributed by atoms with Crippen LogP contribution in [-0.2, 0) is 19.1 Å². The number of alkyl carbamates (subject to hydrolysis) is 1. The van der Waals surface area contributed by atoms with Crippen molar-refractivity contribution in [2.75, 3.05) is 13.6 Å². The lowest BCUT2D eigenvalue weighted by Gasteiger charge is -2.25. The topological polar surface area (TPSA) is 93.7 Å². The summed E-state index contributed by atoms with van der Waals surface area (Å²) < 4.78 is 32.3. The van der Waals surface area contributed by atoms with Crippen LogP contribution in [0, 0.1) is 5.92 Å². The Labute approximate surface area is 123 Å². The van der Waals surface area contributed by atoms with E-state index in [2.05, 4.69) is 10.1 Å². The molecular formula is C13H24N2O5. The normalized spacial score (nSPS) is 17.1. The summed E-state index contributed by atoms with van der Waals surface area (Å²) >= 11 is 0. The second kappa shape index (κ2) is 7.72.